The summed E-state index contributed by atoms with van der Waals surface area (Å²) >= 11 is 0. The zero-order valence-corrected chi connectivity index (χ0v) is 19.7. The quantitative estimate of drug-likeness (QED) is 0.359. The summed E-state index contributed by atoms with van der Waals surface area (Å²) < 4.78 is 5.19. The van der Waals surface area contributed by atoms with Crippen molar-refractivity contribution in [3.8, 4) is 11.3 Å². The first-order valence-corrected chi connectivity index (χ1v) is 11.6. The van der Waals surface area contributed by atoms with Crippen LogP contribution in [0.3, 0.4) is 0 Å². The minimum atomic E-state index is -0.121. The summed E-state index contributed by atoms with van der Waals surface area (Å²) in [5, 5.41) is 10.3. The monoisotopic (exact) mass is 469 g/mol. The molecule has 1 fully saturated rings. The summed E-state index contributed by atoms with van der Waals surface area (Å²) in [5.41, 5.74) is 4.23. The maximum Gasteiger partial charge on any atom is 0.251 e. The van der Waals surface area contributed by atoms with E-state index in [1.165, 1.54) is 0 Å². The number of nitrogens with zero attached hydrogens (tertiary/aromatic N) is 4. The van der Waals surface area contributed by atoms with Crippen molar-refractivity contribution in [2.45, 2.75) is 18.9 Å². The van der Waals surface area contributed by atoms with Crippen LogP contribution in [0.25, 0.3) is 22.2 Å². The van der Waals surface area contributed by atoms with Crippen LogP contribution in [0, 0.1) is 0 Å². The highest BCUT2D eigenvalue weighted by molar-refractivity contribution is 6.06. The number of carbonyl (C=O) groups is 1. The Morgan fingerprint density at radius 3 is 2.71 bits per heavy atom. The number of nitrogens with one attached hydrogen (secondary N) is 3. The molecule has 0 radical (unpaired) electrons. The normalized spacial score (nSPS) is 14.2. The van der Waals surface area contributed by atoms with Crippen molar-refractivity contribution in [1.82, 2.24) is 25.3 Å². The van der Waals surface area contributed by atoms with Crippen LogP contribution in [-0.2, 0) is 4.74 Å². The summed E-state index contributed by atoms with van der Waals surface area (Å²) in [7, 11) is 1.63. The second-order valence-electron chi connectivity index (χ2n) is 8.56. The van der Waals surface area contributed by atoms with Gasteiger partial charge in [-0.2, -0.15) is 0 Å². The van der Waals surface area contributed by atoms with Crippen molar-refractivity contribution in [2.24, 2.45) is 0 Å². The van der Waals surface area contributed by atoms with Crippen LogP contribution in [0.15, 0.2) is 61.2 Å². The number of hydrogen-bond donors (Lipinski definition) is 3. The van der Waals surface area contributed by atoms with Crippen LogP contribution in [0.1, 0.15) is 28.8 Å². The van der Waals surface area contributed by atoms with Gasteiger partial charge < -0.3 is 20.7 Å². The van der Waals surface area contributed by atoms with Crippen LogP contribution in [0.2, 0.25) is 0 Å². The number of aromatic nitrogens is 4. The molecule has 5 rings (SSSR count). The van der Waals surface area contributed by atoms with E-state index >= 15 is 0 Å². The van der Waals surface area contributed by atoms with E-state index in [1.807, 2.05) is 36.5 Å². The SMILES string of the molecule is CNC(=O)c1ccnc2c(C(C)CNc3cc(-c4ccc(NC5COC5)nc4)ncn3)cccc12. The van der Waals surface area contributed by atoms with Crippen molar-refractivity contribution in [3.05, 3.63) is 72.3 Å². The second-order valence-corrected chi connectivity index (χ2v) is 8.56. The molecule has 3 N–H and O–H groups in total. The van der Waals surface area contributed by atoms with Gasteiger partial charge >= 0.3 is 0 Å². The fourth-order valence-electron chi connectivity index (χ4n) is 4.07. The number of fused-ring (bicyclic) bond motifs is 1. The Morgan fingerprint density at radius 1 is 1.09 bits per heavy atom. The number of ether oxygens (including phenoxy) is 1. The van der Waals surface area contributed by atoms with Crippen LogP contribution >= 0.6 is 0 Å². The van der Waals surface area contributed by atoms with Gasteiger partial charge in [-0.05, 0) is 23.8 Å². The maximum absolute atomic E-state index is 12.3. The molecule has 1 unspecified atom stereocenters. The van der Waals surface area contributed by atoms with E-state index in [0.717, 1.165) is 39.4 Å². The molecule has 4 heterocycles. The fourth-order valence-corrected chi connectivity index (χ4v) is 4.07. The van der Waals surface area contributed by atoms with Crippen LogP contribution in [0.4, 0.5) is 11.6 Å². The Hall–Kier alpha value is -4.11. The number of rotatable bonds is 8. The summed E-state index contributed by atoms with van der Waals surface area (Å²) in [6.07, 6.45) is 5.04. The second kappa shape index (κ2) is 10.0. The lowest BCUT2D eigenvalue weighted by molar-refractivity contribution is 0.0209. The van der Waals surface area contributed by atoms with Gasteiger partial charge in [-0.25, -0.2) is 15.0 Å². The molecule has 178 valence electrons. The molecule has 35 heavy (non-hydrogen) atoms. The van der Waals surface area contributed by atoms with Crippen LogP contribution in [-0.4, -0.2) is 58.7 Å². The number of anilines is 2. The zero-order valence-electron chi connectivity index (χ0n) is 19.7. The Labute approximate surface area is 203 Å². The number of para-hydroxylation sites is 1. The number of hydrogen-bond acceptors (Lipinski definition) is 8. The van der Waals surface area contributed by atoms with Gasteiger partial charge in [-0.15, -0.1) is 0 Å². The van der Waals surface area contributed by atoms with Gasteiger partial charge in [0, 0.05) is 48.9 Å². The molecule has 9 nitrogen and oxygen atoms in total. The lowest BCUT2D eigenvalue weighted by atomic mass is 9.96. The summed E-state index contributed by atoms with van der Waals surface area (Å²) in [6.45, 7) is 4.20. The van der Waals surface area contributed by atoms with Crippen molar-refractivity contribution in [2.75, 3.05) is 37.4 Å². The van der Waals surface area contributed by atoms with Crippen molar-refractivity contribution < 1.29 is 9.53 Å². The molecule has 1 aromatic carbocycles. The van der Waals surface area contributed by atoms with Crippen molar-refractivity contribution in [1.29, 1.82) is 0 Å². The summed E-state index contributed by atoms with van der Waals surface area (Å²) in [6, 6.07) is 13.9. The third-order valence-corrected chi connectivity index (χ3v) is 6.11. The number of pyridine rings is 2. The average molecular weight is 470 g/mol. The van der Waals surface area contributed by atoms with Crippen molar-refractivity contribution >= 4 is 28.4 Å². The Balaban J connectivity index is 1.29. The van der Waals surface area contributed by atoms with E-state index in [9.17, 15) is 4.79 Å². The van der Waals surface area contributed by atoms with Gasteiger partial charge in [0.1, 0.15) is 18.0 Å². The molecular weight excluding hydrogens is 442 g/mol. The van der Waals surface area contributed by atoms with Crippen LogP contribution in [0.5, 0.6) is 0 Å². The largest absolute Gasteiger partial charge is 0.377 e. The molecule has 1 saturated heterocycles. The number of carbonyl (C=O) groups excluding carboxylic acids is 1. The molecular formula is C26H27N7O2. The standard InChI is InChI=1S/C26H27N7O2/c1-16(19-4-3-5-20-21(26(34)27-2)8-9-28-25(19)20)11-29-24-10-22(31-15-32-24)17-6-7-23(30-12-17)33-18-13-35-14-18/h3-10,12,15-16,18H,11,13-14H2,1-2H3,(H,27,34)(H,30,33)(H,29,31,32). The predicted molar refractivity (Wildman–Crippen MR) is 136 cm³/mol. The van der Waals surface area contributed by atoms with Gasteiger partial charge in [0.2, 0.25) is 0 Å². The molecule has 1 atom stereocenters. The fraction of sp³-hybridized carbons (Fsp3) is 0.269. The van der Waals surface area contributed by atoms with E-state index in [4.69, 9.17) is 4.74 Å². The zero-order chi connectivity index (χ0) is 24.2. The highest BCUT2D eigenvalue weighted by Crippen LogP contribution is 2.27. The Morgan fingerprint density at radius 2 is 1.97 bits per heavy atom. The molecule has 0 aliphatic carbocycles. The minimum Gasteiger partial charge on any atom is -0.377 e. The van der Waals surface area contributed by atoms with E-state index in [0.29, 0.717) is 31.4 Å². The molecule has 0 saturated carbocycles. The molecule has 3 aromatic heterocycles. The van der Waals surface area contributed by atoms with Gasteiger partial charge in [0.25, 0.3) is 5.91 Å². The molecule has 0 spiro atoms. The third-order valence-electron chi connectivity index (χ3n) is 6.11. The van der Waals surface area contributed by atoms with Crippen molar-refractivity contribution in [3.63, 3.8) is 0 Å². The van der Waals surface area contributed by atoms with E-state index in [-0.39, 0.29) is 11.8 Å². The molecule has 9 heteroatoms. The highest BCUT2D eigenvalue weighted by Gasteiger charge is 2.18. The molecule has 1 aliphatic rings. The first-order chi connectivity index (χ1) is 17.1. The van der Waals surface area contributed by atoms with Crippen LogP contribution < -0.4 is 16.0 Å². The van der Waals surface area contributed by atoms with Gasteiger partial charge in [0.05, 0.1) is 36.0 Å². The van der Waals surface area contributed by atoms with E-state index < -0.39 is 0 Å². The summed E-state index contributed by atoms with van der Waals surface area (Å²) in [5.74, 6) is 1.57. The van der Waals surface area contributed by atoms with E-state index in [1.54, 1.807) is 25.6 Å². The Bertz CT molecular complexity index is 1340. The van der Waals surface area contributed by atoms with Gasteiger partial charge in [-0.1, -0.05) is 25.1 Å². The summed E-state index contributed by atoms with van der Waals surface area (Å²) in [4.78, 5) is 30.1. The predicted octanol–water partition coefficient (Wildman–Crippen LogP) is 3.47. The molecule has 1 aliphatic heterocycles. The lowest BCUT2D eigenvalue weighted by Crippen LogP contribution is -2.40. The van der Waals surface area contributed by atoms with Gasteiger partial charge in [0.15, 0.2) is 0 Å². The first kappa shape index (κ1) is 22.7. The smallest absolute Gasteiger partial charge is 0.251 e. The minimum absolute atomic E-state index is 0.121. The average Bonchev–Trinajstić information content (AvgIpc) is 2.88. The number of amides is 1. The molecule has 0 bridgehead atoms. The first-order valence-electron chi connectivity index (χ1n) is 11.6. The van der Waals surface area contributed by atoms with Gasteiger partial charge in [-0.3, -0.25) is 9.78 Å². The molecule has 4 aromatic rings. The topological polar surface area (TPSA) is 114 Å². The highest BCUT2D eigenvalue weighted by atomic mass is 16.5. The molecule has 1 amide bonds. The third kappa shape index (κ3) is 4.90. The maximum atomic E-state index is 12.3. The van der Waals surface area contributed by atoms with E-state index in [2.05, 4.69) is 48.9 Å². The number of benzene rings is 1. The lowest BCUT2D eigenvalue weighted by Gasteiger charge is -2.27. The Kier molecular flexibility index (Phi) is 6.49.